The van der Waals surface area contributed by atoms with Gasteiger partial charge in [0.25, 0.3) is 5.91 Å². The number of rotatable bonds is 8. The topological polar surface area (TPSA) is 77.9 Å². The van der Waals surface area contributed by atoms with Gasteiger partial charge >= 0.3 is 0 Å². The number of carbonyl (C=O) groups is 1. The third-order valence-corrected chi connectivity index (χ3v) is 7.55. The van der Waals surface area contributed by atoms with Crippen LogP contribution in [0.15, 0.2) is 59.5 Å². The fourth-order valence-electron chi connectivity index (χ4n) is 4.27. The first-order valence-corrected chi connectivity index (χ1v) is 12.3. The summed E-state index contributed by atoms with van der Waals surface area (Å²) in [5.74, 6) is 0.338. The van der Waals surface area contributed by atoms with Crippen LogP contribution in [0.25, 0.3) is 0 Å². The van der Waals surface area contributed by atoms with Crippen molar-refractivity contribution in [2.45, 2.75) is 31.6 Å². The maximum Gasteiger partial charge on any atom is 0.253 e. The third kappa shape index (κ3) is 5.93. The lowest BCUT2D eigenvalue weighted by Crippen LogP contribution is -2.42. The SMILES string of the molecule is CC1CC(C)CN(S(=O)(=O)c2cccc(C(=O)N(CCO)CCc3ccccc3)c2)C1. The van der Waals surface area contributed by atoms with E-state index in [9.17, 15) is 18.3 Å². The van der Waals surface area contributed by atoms with Crippen molar-refractivity contribution < 1.29 is 18.3 Å². The third-order valence-electron chi connectivity index (χ3n) is 5.72. The van der Waals surface area contributed by atoms with E-state index in [0.29, 0.717) is 43.5 Å². The van der Waals surface area contributed by atoms with Gasteiger partial charge in [-0.2, -0.15) is 4.31 Å². The van der Waals surface area contributed by atoms with Crippen LogP contribution in [-0.4, -0.2) is 61.4 Å². The molecule has 1 heterocycles. The molecule has 0 aliphatic carbocycles. The first kappa shape index (κ1) is 23.4. The van der Waals surface area contributed by atoms with Crippen molar-refractivity contribution in [1.82, 2.24) is 9.21 Å². The Labute approximate surface area is 185 Å². The maximum atomic E-state index is 13.2. The molecule has 2 unspecified atom stereocenters. The minimum atomic E-state index is -3.66. The van der Waals surface area contributed by atoms with E-state index in [1.165, 1.54) is 10.4 Å². The molecule has 1 amide bonds. The van der Waals surface area contributed by atoms with Gasteiger partial charge in [0.15, 0.2) is 0 Å². The summed E-state index contributed by atoms with van der Waals surface area (Å²) in [6.07, 6.45) is 1.68. The summed E-state index contributed by atoms with van der Waals surface area (Å²) in [7, 11) is -3.66. The average molecular weight is 445 g/mol. The van der Waals surface area contributed by atoms with Gasteiger partial charge in [0.2, 0.25) is 10.0 Å². The lowest BCUT2D eigenvalue weighted by molar-refractivity contribution is 0.0723. The molecule has 168 valence electrons. The maximum absolute atomic E-state index is 13.2. The molecule has 7 heteroatoms. The second-order valence-electron chi connectivity index (χ2n) is 8.55. The predicted octanol–water partition coefficient (Wildman–Crippen LogP) is 3.03. The minimum absolute atomic E-state index is 0.145. The zero-order valence-corrected chi connectivity index (χ0v) is 19.1. The van der Waals surface area contributed by atoms with E-state index in [2.05, 4.69) is 13.8 Å². The molecule has 1 aliphatic rings. The van der Waals surface area contributed by atoms with E-state index in [0.717, 1.165) is 12.0 Å². The Hall–Kier alpha value is -2.22. The summed E-state index contributed by atoms with van der Waals surface area (Å²) in [6, 6.07) is 16.1. The molecule has 1 saturated heterocycles. The van der Waals surface area contributed by atoms with Crippen molar-refractivity contribution in [3.63, 3.8) is 0 Å². The molecule has 2 aromatic rings. The summed E-state index contributed by atoms with van der Waals surface area (Å²) in [5, 5.41) is 9.44. The lowest BCUT2D eigenvalue weighted by Gasteiger charge is -2.34. The van der Waals surface area contributed by atoms with Gasteiger partial charge in [-0.3, -0.25) is 4.79 Å². The number of aliphatic hydroxyl groups is 1. The lowest BCUT2D eigenvalue weighted by atomic mass is 9.94. The second-order valence-corrected chi connectivity index (χ2v) is 10.5. The zero-order valence-electron chi connectivity index (χ0n) is 18.3. The predicted molar refractivity (Wildman–Crippen MR) is 121 cm³/mol. The summed E-state index contributed by atoms with van der Waals surface area (Å²) >= 11 is 0. The fraction of sp³-hybridized carbons (Fsp3) is 0.458. The molecule has 3 rings (SSSR count). The number of hydrogen-bond donors (Lipinski definition) is 1. The Morgan fingerprint density at radius 1 is 1.03 bits per heavy atom. The number of aliphatic hydroxyl groups excluding tert-OH is 1. The normalized spacial score (nSPS) is 19.8. The molecule has 1 N–H and O–H groups in total. The van der Waals surface area contributed by atoms with Crippen LogP contribution < -0.4 is 0 Å². The van der Waals surface area contributed by atoms with Gasteiger partial charge in [0.05, 0.1) is 11.5 Å². The average Bonchev–Trinajstić information content (AvgIpc) is 2.76. The molecule has 2 atom stereocenters. The summed E-state index contributed by atoms with van der Waals surface area (Å²) in [4.78, 5) is 14.8. The van der Waals surface area contributed by atoms with Crippen molar-refractivity contribution in [3.8, 4) is 0 Å². The highest BCUT2D eigenvalue weighted by molar-refractivity contribution is 7.89. The Kier molecular flexibility index (Phi) is 7.86. The number of benzene rings is 2. The van der Waals surface area contributed by atoms with Crippen molar-refractivity contribution in [2.75, 3.05) is 32.8 Å². The van der Waals surface area contributed by atoms with Crippen molar-refractivity contribution in [2.24, 2.45) is 11.8 Å². The molecule has 0 bridgehead atoms. The largest absolute Gasteiger partial charge is 0.395 e. The van der Waals surface area contributed by atoms with Gasteiger partial charge in [0.1, 0.15) is 0 Å². The Morgan fingerprint density at radius 3 is 2.35 bits per heavy atom. The van der Waals surface area contributed by atoms with E-state index in [-0.39, 0.29) is 24.0 Å². The van der Waals surface area contributed by atoms with E-state index < -0.39 is 10.0 Å². The number of carbonyl (C=O) groups excluding carboxylic acids is 1. The summed E-state index contributed by atoms with van der Waals surface area (Å²) in [6.45, 7) is 5.62. The number of sulfonamides is 1. The fourth-order valence-corrected chi connectivity index (χ4v) is 5.99. The van der Waals surface area contributed by atoms with Crippen molar-refractivity contribution >= 4 is 15.9 Å². The van der Waals surface area contributed by atoms with Gasteiger partial charge in [-0.25, -0.2) is 8.42 Å². The van der Waals surface area contributed by atoms with Crippen LogP contribution >= 0.6 is 0 Å². The molecule has 0 spiro atoms. The molecule has 1 fully saturated rings. The van der Waals surface area contributed by atoms with E-state index in [1.54, 1.807) is 23.1 Å². The Balaban J connectivity index is 1.78. The number of hydrogen-bond acceptors (Lipinski definition) is 4. The molecular formula is C24H32N2O4S. The molecule has 31 heavy (non-hydrogen) atoms. The summed E-state index contributed by atoms with van der Waals surface area (Å²) in [5.41, 5.74) is 1.42. The Bertz CT molecular complexity index is 968. The quantitative estimate of drug-likeness (QED) is 0.679. The summed E-state index contributed by atoms with van der Waals surface area (Å²) < 4.78 is 28.0. The first-order chi connectivity index (χ1) is 14.8. The number of piperidine rings is 1. The first-order valence-electron chi connectivity index (χ1n) is 10.9. The number of amides is 1. The van der Waals surface area contributed by atoms with Gasteiger partial charge in [0, 0.05) is 31.7 Å². The molecule has 6 nitrogen and oxygen atoms in total. The highest BCUT2D eigenvalue weighted by atomic mass is 32.2. The van der Waals surface area contributed by atoms with E-state index >= 15 is 0 Å². The van der Waals surface area contributed by atoms with Crippen LogP contribution in [0.4, 0.5) is 0 Å². The molecule has 0 radical (unpaired) electrons. The standard InChI is InChI=1S/C24H32N2O4S/c1-19-15-20(2)18-26(17-19)31(29,30)23-10-6-9-22(16-23)24(28)25(13-14-27)12-11-21-7-4-3-5-8-21/h3-10,16,19-20,27H,11-15,17-18H2,1-2H3. The van der Waals surface area contributed by atoms with Gasteiger partial charge < -0.3 is 10.0 Å². The van der Waals surface area contributed by atoms with Gasteiger partial charge in [-0.1, -0.05) is 50.2 Å². The van der Waals surface area contributed by atoms with Crippen LogP contribution in [0.5, 0.6) is 0 Å². The highest BCUT2D eigenvalue weighted by Gasteiger charge is 2.32. The number of nitrogens with zero attached hydrogens (tertiary/aromatic N) is 2. The molecule has 0 saturated carbocycles. The smallest absolute Gasteiger partial charge is 0.253 e. The second kappa shape index (κ2) is 10.4. The van der Waals surface area contributed by atoms with E-state index in [4.69, 9.17) is 0 Å². The molecule has 1 aliphatic heterocycles. The monoisotopic (exact) mass is 444 g/mol. The van der Waals surface area contributed by atoms with Crippen LogP contribution in [0.2, 0.25) is 0 Å². The van der Waals surface area contributed by atoms with Crippen LogP contribution in [0.3, 0.4) is 0 Å². The Morgan fingerprint density at radius 2 is 1.71 bits per heavy atom. The van der Waals surface area contributed by atoms with Crippen LogP contribution in [0.1, 0.15) is 36.2 Å². The van der Waals surface area contributed by atoms with E-state index in [1.807, 2.05) is 30.3 Å². The van der Waals surface area contributed by atoms with Crippen molar-refractivity contribution in [3.05, 3.63) is 65.7 Å². The minimum Gasteiger partial charge on any atom is -0.395 e. The molecular weight excluding hydrogens is 412 g/mol. The molecule has 0 aromatic heterocycles. The molecule has 2 aromatic carbocycles. The highest BCUT2D eigenvalue weighted by Crippen LogP contribution is 2.27. The van der Waals surface area contributed by atoms with Gasteiger partial charge in [-0.05, 0) is 48.4 Å². The van der Waals surface area contributed by atoms with Crippen LogP contribution in [-0.2, 0) is 16.4 Å². The van der Waals surface area contributed by atoms with Crippen LogP contribution in [0, 0.1) is 11.8 Å². The van der Waals surface area contributed by atoms with Crippen molar-refractivity contribution in [1.29, 1.82) is 0 Å². The van der Waals surface area contributed by atoms with Gasteiger partial charge in [-0.15, -0.1) is 0 Å². The zero-order chi connectivity index (χ0) is 22.4.